The van der Waals surface area contributed by atoms with Gasteiger partial charge in [-0.2, -0.15) is 0 Å². The summed E-state index contributed by atoms with van der Waals surface area (Å²) in [6.07, 6.45) is 79.4. The van der Waals surface area contributed by atoms with Crippen molar-refractivity contribution < 1.29 is 24.2 Å². The van der Waals surface area contributed by atoms with Crippen molar-refractivity contribution in [2.45, 2.75) is 264 Å². The Labute approximate surface area is 408 Å². The molecular formula is C61H104O5. The van der Waals surface area contributed by atoms with Crippen LogP contribution in [0.4, 0.5) is 0 Å². The quantitative estimate of drug-likeness (QED) is 0.0374. The van der Waals surface area contributed by atoms with E-state index in [4.69, 9.17) is 9.47 Å². The molecular weight excluding hydrogens is 813 g/mol. The van der Waals surface area contributed by atoms with Gasteiger partial charge in [-0.1, -0.05) is 265 Å². The Bertz CT molecular complexity index is 1270. The van der Waals surface area contributed by atoms with E-state index in [0.29, 0.717) is 12.8 Å². The molecule has 378 valence electrons. The van der Waals surface area contributed by atoms with E-state index in [2.05, 4.69) is 111 Å². The van der Waals surface area contributed by atoms with Gasteiger partial charge in [-0.25, -0.2) is 0 Å². The van der Waals surface area contributed by atoms with Gasteiger partial charge in [0.15, 0.2) is 6.10 Å². The Balaban J connectivity index is 3.56. The van der Waals surface area contributed by atoms with Crippen LogP contribution in [0.2, 0.25) is 0 Å². The third-order valence-corrected chi connectivity index (χ3v) is 11.9. The third-order valence-electron chi connectivity index (χ3n) is 11.9. The fourth-order valence-corrected chi connectivity index (χ4v) is 7.75. The van der Waals surface area contributed by atoms with Crippen LogP contribution >= 0.6 is 0 Å². The maximum atomic E-state index is 12.3. The maximum absolute atomic E-state index is 12.3. The van der Waals surface area contributed by atoms with Crippen LogP contribution in [0.3, 0.4) is 0 Å². The molecule has 0 saturated carbocycles. The smallest absolute Gasteiger partial charge is 0.306 e. The van der Waals surface area contributed by atoms with Gasteiger partial charge in [-0.15, -0.1) is 0 Å². The SMILES string of the molecule is CC/C=C\C/C=C\C/C=C\C/C=C\C/C=C\C/C=C\C/C=C\C/C=C\CCCCCCCCCCC(=O)OC(CO)COC(=O)CCCCCCCCCCCCCCCCCCCCC. The molecule has 0 heterocycles. The number of aliphatic hydroxyl groups is 1. The Kier molecular flexibility index (Phi) is 53.4. The molecule has 0 saturated heterocycles. The van der Waals surface area contributed by atoms with Crippen LogP contribution in [-0.2, 0) is 19.1 Å². The molecule has 0 fully saturated rings. The van der Waals surface area contributed by atoms with Gasteiger partial charge in [0.2, 0.25) is 0 Å². The minimum absolute atomic E-state index is 0.0707. The fourth-order valence-electron chi connectivity index (χ4n) is 7.75. The lowest BCUT2D eigenvalue weighted by Gasteiger charge is -2.15. The zero-order chi connectivity index (χ0) is 47.7. The Morgan fingerprint density at radius 2 is 0.652 bits per heavy atom. The molecule has 0 amide bonds. The summed E-state index contributed by atoms with van der Waals surface area (Å²) in [5.41, 5.74) is 0. The number of unbranched alkanes of at least 4 members (excludes halogenated alkanes) is 26. The number of rotatable bonds is 50. The molecule has 1 unspecified atom stereocenters. The number of hydrogen-bond acceptors (Lipinski definition) is 5. The zero-order valence-corrected chi connectivity index (χ0v) is 43.2. The predicted octanol–water partition coefficient (Wildman–Crippen LogP) is 18.7. The van der Waals surface area contributed by atoms with E-state index in [0.717, 1.165) is 96.3 Å². The predicted molar refractivity (Wildman–Crippen MR) is 288 cm³/mol. The second kappa shape index (κ2) is 56.1. The first-order valence-corrected chi connectivity index (χ1v) is 27.8. The summed E-state index contributed by atoms with van der Waals surface area (Å²) in [4.78, 5) is 24.5. The molecule has 0 rings (SSSR count). The topological polar surface area (TPSA) is 72.8 Å². The number of ether oxygens (including phenoxy) is 2. The first-order chi connectivity index (χ1) is 32.6. The third kappa shape index (κ3) is 53.4. The van der Waals surface area contributed by atoms with E-state index >= 15 is 0 Å². The normalized spacial score (nSPS) is 13.0. The number of carbonyl (C=O) groups excluding carboxylic acids is 2. The van der Waals surface area contributed by atoms with Crippen LogP contribution in [0.25, 0.3) is 0 Å². The molecule has 1 N–H and O–H groups in total. The van der Waals surface area contributed by atoms with Gasteiger partial charge in [-0.05, 0) is 77.0 Å². The molecule has 0 bridgehead atoms. The molecule has 0 aliphatic carbocycles. The molecule has 5 nitrogen and oxygen atoms in total. The Morgan fingerprint density at radius 3 is 0.985 bits per heavy atom. The van der Waals surface area contributed by atoms with Gasteiger partial charge >= 0.3 is 11.9 Å². The maximum Gasteiger partial charge on any atom is 0.306 e. The second-order valence-electron chi connectivity index (χ2n) is 18.3. The van der Waals surface area contributed by atoms with Crippen LogP contribution in [0, 0.1) is 0 Å². The minimum atomic E-state index is -0.781. The largest absolute Gasteiger partial charge is 0.462 e. The van der Waals surface area contributed by atoms with Crippen molar-refractivity contribution in [3.63, 3.8) is 0 Å². The summed E-state index contributed by atoms with van der Waals surface area (Å²) < 4.78 is 10.7. The van der Waals surface area contributed by atoms with Crippen molar-refractivity contribution in [3.05, 3.63) is 97.2 Å². The van der Waals surface area contributed by atoms with E-state index in [1.807, 2.05) is 0 Å². The van der Waals surface area contributed by atoms with Gasteiger partial charge < -0.3 is 14.6 Å². The molecule has 0 aliphatic rings. The number of carbonyl (C=O) groups is 2. The summed E-state index contributed by atoms with van der Waals surface area (Å²) in [6.45, 7) is 4.04. The number of allylic oxidation sites excluding steroid dienone is 16. The highest BCUT2D eigenvalue weighted by Gasteiger charge is 2.16. The van der Waals surface area contributed by atoms with Gasteiger partial charge in [0, 0.05) is 12.8 Å². The van der Waals surface area contributed by atoms with Crippen molar-refractivity contribution in [2.75, 3.05) is 13.2 Å². The van der Waals surface area contributed by atoms with Crippen molar-refractivity contribution in [1.82, 2.24) is 0 Å². The fraction of sp³-hybridized carbons (Fsp3) is 0.705. The van der Waals surface area contributed by atoms with Crippen molar-refractivity contribution in [3.8, 4) is 0 Å². The van der Waals surface area contributed by atoms with Crippen molar-refractivity contribution in [2.24, 2.45) is 0 Å². The average molecular weight is 917 g/mol. The van der Waals surface area contributed by atoms with E-state index < -0.39 is 6.10 Å². The minimum Gasteiger partial charge on any atom is -0.462 e. The molecule has 0 aromatic heterocycles. The summed E-state index contributed by atoms with van der Waals surface area (Å²) in [5.74, 6) is -0.596. The molecule has 1 atom stereocenters. The molecule has 0 radical (unpaired) electrons. The number of aliphatic hydroxyl groups excluding tert-OH is 1. The molecule has 5 heteroatoms. The van der Waals surface area contributed by atoms with E-state index in [1.165, 1.54) is 135 Å². The number of hydrogen-bond donors (Lipinski definition) is 1. The highest BCUT2D eigenvalue weighted by Crippen LogP contribution is 2.16. The van der Waals surface area contributed by atoms with E-state index in [9.17, 15) is 14.7 Å². The molecule has 0 spiro atoms. The van der Waals surface area contributed by atoms with Crippen molar-refractivity contribution in [1.29, 1.82) is 0 Å². The lowest BCUT2D eigenvalue weighted by molar-refractivity contribution is -0.161. The van der Waals surface area contributed by atoms with Crippen LogP contribution in [0.15, 0.2) is 97.2 Å². The summed E-state index contributed by atoms with van der Waals surface area (Å²) in [5, 5.41) is 9.64. The van der Waals surface area contributed by atoms with Crippen LogP contribution < -0.4 is 0 Å². The lowest BCUT2D eigenvalue weighted by Crippen LogP contribution is -2.28. The van der Waals surface area contributed by atoms with Crippen LogP contribution in [0.1, 0.15) is 258 Å². The lowest BCUT2D eigenvalue weighted by atomic mass is 10.0. The monoisotopic (exact) mass is 917 g/mol. The zero-order valence-electron chi connectivity index (χ0n) is 43.2. The van der Waals surface area contributed by atoms with Gasteiger partial charge in [-0.3, -0.25) is 9.59 Å². The Morgan fingerprint density at radius 1 is 0.364 bits per heavy atom. The molecule has 0 aromatic carbocycles. The average Bonchev–Trinajstić information content (AvgIpc) is 3.32. The summed E-state index contributed by atoms with van der Waals surface area (Å²) >= 11 is 0. The van der Waals surface area contributed by atoms with E-state index in [1.54, 1.807) is 0 Å². The summed E-state index contributed by atoms with van der Waals surface area (Å²) in [6, 6.07) is 0. The van der Waals surface area contributed by atoms with E-state index in [-0.39, 0.29) is 25.2 Å². The highest BCUT2D eigenvalue weighted by molar-refractivity contribution is 5.70. The molecule has 0 aliphatic heterocycles. The van der Waals surface area contributed by atoms with Gasteiger partial charge in [0.25, 0.3) is 0 Å². The first kappa shape index (κ1) is 62.8. The van der Waals surface area contributed by atoms with Crippen LogP contribution in [-0.4, -0.2) is 36.4 Å². The Hall–Kier alpha value is -3.18. The highest BCUT2D eigenvalue weighted by atomic mass is 16.6. The molecule has 0 aromatic rings. The summed E-state index contributed by atoms with van der Waals surface area (Å²) in [7, 11) is 0. The number of esters is 2. The van der Waals surface area contributed by atoms with Gasteiger partial charge in [0.05, 0.1) is 6.61 Å². The second-order valence-corrected chi connectivity index (χ2v) is 18.3. The van der Waals surface area contributed by atoms with Crippen LogP contribution in [0.5, 0.6) is 0 Å². The standard InChI is InChI=1S/C61H104O5/c1-3-5-7-9-11-13-15-17-19-21-23-24-25-26-27-28-29-30-31-32-33-34-35-36-38-40-42-44-46-48-50-52-54-56-61(64)66-59(57-62)58-65-60(63)55-53-51-49-47-45-43-41-39-37-22-20-18-16-14-12-10-8-6-4-2/h5,7,11,13,17,19,23-24,26-27,29-30,32-33,35-36,59,62H,3-4,6,8-10,12,14-16,18,20-22,25,28,31,34,37-58H2,1-2H3/b7-5-,13-11-,19-17-,24-23-,27-26-,30-29-,33-32-,36-35-. The van der Waals surface area contributed by atoms with Crippen molar-refractivity contribution >= 4 is 11.9 Å². The van der Waals surface area contributed by atoms with Gasteiger partial charge in [0.1, 0.15) is 6.61 Å². The molecule has 66 heavy (non-hydrogen) atoms. The first-order valence-electron chi connectivity index (χ1n) is 27.8.